The van der Waals surface area contributed by atoms with Gasteiger partial charge in [0.15, 0.2) is 0 Å². The van der Waals surface area contributed by atoms with Crippen molar-refractivity contribution in [3.8, 4) is 6.07 Å². The highest BCUT2D eigenvalue weighted by Crippen LogP contribution is 2.30. The molecular formula is C15H13BrN2. The molecule has 18 heavy (non-hydrogen) atoms. The molecule has 0 aliphatic rings. The monoisotopic (exact) mass is 300 g/mol. The minimum Gasteiger partial charge on any atom is -0.354 e. The summed E-state index contributed by atoms with van der Waals surface area (Å²) in [5, 5.41) is 12.4. The highest BCUT2D eigenvalue weighted by Gasteiger charge is 2.06. The summed E-state index contributed by atoms with van der Waals surface area (Å²) in [7, 11) is 0. The smallest absolute Gasteiger partial charge is 0.101 e. The Morgan fingerprint density at radius 2 is 1.89 bits per heavy atom. The van der Waals surface area contributed by atoms with Gasteiger partial charge in [-0.2, -0.15) is 5.26 Å². The Kier molecular flexibility index (Phi) is 3.69. The van der Waals surface area contributed by atoms with Gasteiger partial charge in [0.25, 0.3) is 0 Å². The Balaban J connectivity index is 2.41. The van der Waals surface area contributed by atoms with E-state index < -0.39 is 0 Å². The first kappa shape index (κ1) is 12.7. The van der Waals surface area contributed by atoms with Crippen molar-refractivity contribution in [2.24, 2.45) is 0 Å². The molecule has 2 aromatic carbocycles. The average Bonchev–Trinajstić information content (AvgIpc) is 2.37. The number of nitrogens with one attached hydrogen (secondary N) is 1. The van der Waals surface area contributed by atoms with Crippen molar-refractivity contribution in [1.29, 1.82) is 5.26 Å². The predicted molar refractivity (Wildman–Crippen MR) is 78.1 cm³/mol. The van der Waals surface area contributed by atoms with Gasteiger partial charge in [0.1, 0.15) is 6.07 Å². The molecule has 1 N–H and O–H groups in total. The zero-order valence-electron chi connectivity index (χ0n) is 10.3. The molecular weight excluding hydrogens is 288 g/mol. The average molecular weight is 301 g/mol. The Morgan fingerprint density at radius 3 is 2.61 bits per heavy atom. The second-order valence-electron chi connectivity index (χ2n) is 4.22. The molecule has 0 saturated heterocycles. The number of hydrogen-bond acceptors (Lipinski definition) is 2. The van der Waals surface area contributed by atoms with Crippen LogP contribution in [0, 0.1) is 25.2 Å². The second kappa shape index (κ2) is 5.24. The van der Waals surface area contributed by atoms with Crippen molar-refractivity contribution in [3.05, 3.63) is 57.6 Å². The van der Waals surface area contributed by atoms with Crippen LogP contribution >= 0.6 is 15.9 Å². The number of anilines is 2. The van der Waals surface area contributed by atoms with Crippen LogP contribution in [0.15, 0.2) is 40.9 Å². The number of hydrogen-bond donors (Lipinski definition) is 1. The number of aryl methyl sites for hydroxylation is 2. The van der Waals surface area contributed by atoms with Gasteiger partial charge in [-0.3, -0.25) is 0 Å². The van der Waals surface area contributed by atoms with E-state index in [9.17, 15) is 0 Å². The third-order valence-electron chi connectivity index (χ3n) is 2.76. The van der Waals surface area contributed by atoms with Crippen LogP contribution < -0.4 is 5.32 Å². The molecule has 0 aliphatic carbocycles. The van der Waals surface area contributed by atoms with E-state index in [1.165, 1.54) is 0 Å². The zero-order chi connectivity index (χ0) is 13.1. The molecule has 2 nitrogen and oxygen atoms in total. The molecule has 0 fully saturated rings. The van der Waals surface area contributed by atoms with E-state index in [0.29, 0.717) is 5.56 Å². The first-order valence-electron chi connectivity index (χ1n) is 5.64. The minimum absolute atomic E-state index is 0.656. The third-order valence-corrected chi connectivity index (χ3v) is 3.81. The van der Waals surface area contributed by atoms with Crippen molar-refractivity contribution in [2.75, 3.05) is 5.32 Å². The number of nitriles is 1. The lowest BCUT2D eigenvalue weighted by atomic mass is 10.1. The van der Waals surface area contributed by atoms with E-state index in [0.717, 1.165) is 27.0 Å². The first-order chi connectivity index (χ1) is 8.61. The molecule has 2 rings (SSSR count). The van der Waals surface area contributed by atoms with Crippen LogP contribution in [0.2, 0.25) is 0 Å². The fourth-order valence-corrected chi connectivity index (χ4v) is 2.11. The Bertz CT molecular complexity index is 627. The molecule has 0 amide bonds. The molecule has 0 aliphatic heterocycles. The molecule has 90 valence electrons. The van der Waals surface area contributed by atoms with Crippen molar-refractivity contribution in [1.82, 2.24) is 0 Å². The van der Waals surface area contributed by atoms with Gasteiger partial charge in [-0.05, 0) is 59.1 Å². The number of halogens is 1. The summed E-state index contributed by atoms with van der Waals surface area (Å²) in [6.45, 7) is 4.02. The number of nitrogens with zero attached hydrogens (tertiary/aromatic N) is 1. The van der Waals surface area contributed by atoms with Crippen LogP contribution in [-0.2, 0) is 0 Å². The summed E-state index contributed by atoms with van der Waals surface area (Å²) in [6.07, 6.45) is 0. The van der Waals surface area contributed by atoms with Crippen molar-refractivity contribution in [3.63, 3.8) is 0 Å². The Morgan fingerprint density at radius 1 is 1.11 bits per heavy atom. The van der Waals surface area contributed by atoms with Gasteiger partial charge in [0, 0.05) is 4.47 Å². The molecule has 0 heterocycles. The van der Waals surface area contributed by atoms with Gasteiger partial charge >= 0.3 is 0 Å². The van der Waals surface area contributed by atoms with Crippen LogP contribution in [0.25, 0.3) is 0 Å². The van der Waals surface area contributed by atoms with E-state index in [2.05, 4.69) is 27.3 Å². The van der Waals surface area contributed by atoms with Gasteiger partial charge in [-0.25, -0.2) is 0 Å². The lowest BCUT2D eigenvalue weighted by Crippen LogP contribution is -1.95. The van der Waals surface area contributed by atoms with E-state index in [-0.39, 0.29) is 0 Å². The molecule has 3 heteroatoms. The van der Waals surface area contributed by atoms with Crippen molar-refractivity contribution >= 4 is 27.3 Å². The maximum absolute atomic E-state index is 9.14. The number of benzene rings is 2. The van der Waals surface area contributed by atoms with Gasteiger partial charge < -0.3 is 5.32 Å². The lowest BCUT2D eigenvalue weighted by molar-refractivity contribution is 1.38. The fourth-order valence-electron chi connectivity index (χ4n) is 1.75. The highest BCUT2D eigenvalue weighted by atomic mass is 79.9. The summed E-state index contributed by atoms with van der Waals surface area (Å²) < 4.78 is 1.02. The molecule has 0 bridgehead atoms. The summed E-state index contributed by atoms with van der Waals surface area (Å²) in [5.74, 6) is 0. The third kappa shape index (κ3) is 2.55. The van der Waals surface area contributed by atoms with E-state index in [1.54, 1.807) is 0 Å². The molecule has 0 unspecified atom stereocenters. The summed E-state index contributed by atoms with van der Waals surface area (Å²) >= 11 is 3.55. The lowest BCUT2D eigenvalue weighted by Gasteiger charge is -2.12. The molecule has 0 atom stereocenters. The van der Waals surface area contributed by atoms with Gasteiger partial charge in [-0.1, -0.05) is 18.2 Å². The van der Waals surface area contributed by atoms with Crippen LogP contribution in [0.3, 0.4) is 0 Å². The number of rotatable bonds is 2. The van der Waals surface area contributed by atoms with Gasteiger partial charge in [0.2, 0.25) is 0 Å². The minimum atomic E-state index is 0.656. The SMILES string of the molecule is Cc1ccc(Nc2cccc(C)c2Br)c(C#N)c1. The maximum Gasteiger partial charge on any atom is 0.101 e. The van der Waals surface area contributed by atoms with E-state index in [4.69, 9.17) is 5.26 Å². The maximum atomic E-state index is 9.14. The molecule has 0 aromatic heterocycles. The van der Waals surface area contributed by atoms with Gasteiger partial charge in [0.05, 0.1) is 16.9 Å². The topological polar surface area (TPSA) is 35.8 Å². The second-order valence-corrected chi connectivity index (χ2v) is 5.02. The summed E-state index contributed by atoms with van der Waals surface area (Å²) in [6, 6.07) is 14.0. The normalized spacial score (nSPS) is 9.89. The zero-order valence-corrected chi connectivity index (χ0v) is 11.9. The molecule has 0 spiro atoms. The Hall–Kier alpha value is -1.79. The van der Waals surface area contributed by atoms with Crippen LogP contribution in [0.4, 0.5) is 11.4 Å². The largest absolute Gasteiger partial charge is 0.354 e. The van der Waals surface area contributed by atoms with E-state index >= 15 is 0 Å². The first-order valence-corrected chi connectivity index (χ1v) is 6.44. The fraction of sp³-hybridized carbons (Fsp3) is 0.133. The van der Waals surface area contributed by atoms with Crippen molar-refractivity contribution < 1.29 is 0 Å². The quantitative estimate of drug-likeness (QED) is 0.874. The molecule has 0 saturated carbocycles. The summed E-state index contributed by atoms with van der Waals surface area (Å²) in [4.78, 5) is 0. The standard InChI is InChI=1S/C15H13BrN2/c1-10-6-7-13(12(8-10)9-17)18-14-5-3-4-11(2)15(14)16/h3-8,18H,1-2H3. The molecule has 2 aromatic rings. The highest BCUT2D eigenvalue weighted by molar-refractivity contribution is 9.10. The van der Waals surface area contributed by atoms with Crippen LogP contribution in [-0.4, -0.2) is 0 Å². The van der Waals surface area contributed by atoms with Crippen LogP contribution in [0.1, 0.15) is 16.7 Å². The summed E-state index contributed by atoms with van der Waals surface area (Å²) in [5.41, 5.74) is 4.69. The Labute approximate surface area is 115 Å². The predicted octanol–water partition coefficient (Wildman–Crippen LogP) is 4.68. The van der Waals surface area contributed by atoms with Crippen LogP contribution in [0.5, 0.6) is 0 Å². The molecule has 0 radical (unpaired) electrons. The van der Waals surface area contributed by atoms with E-state index in [1.807, 2.05) is 50.2 Å². The van der Waals surface area contributed by atoms with Crippen molar-refractivity contribution in [2.45, 2.75) is 13.8 Å². The van der Waals surface area contributed by atoms with Gasteiger partial charge in [-0.15, -0.1) is 0 Å².